The molecule has 1 fully saturated rings. The fraction of sp³-hybridized carbons (Fsp3) is 0.529. The summed E-state index contributed by atoms with van der Waals surface area (Å²) >= 11 is 0. The van der Waals surface area contributed by atoms with Crippen molar-refractivity contribution in [3.8, 4) is 11.5 Å². The number of nitrogens with two attached hydrogens (primary N) is 1. The lowest BCUT2D eigenvalue weighted by Gasteiger charge is -2.15. The Hall–Kier alpha value is -1.99. The summed E-state index contributed by atoms with van der Waals surface area (Å²) in [5.41, 5.74) is 6.12. The van der Waals surface area contributed by atoms with E-state index in [4.69, 9.17) is 15.2 Å². The summed E-state index contributed by atoms with van der Waals surface area (Å²) in [6.07, 6.45) is 2.61. The van der Waals surface area contributed by atoms with Crippen molar-refractivity contribution in [3.63, 3.8) is 0 Å². The van der Waals surface area contributed by atoms with Gasteiger partial charge in [0.15, 0.2) is 18.1 Å². The third-order valence-electron chi connectivity index (χ3n) is 3.88. The summed E-state index contributed by atoms with van der Waals surface area (Å²) in [5.74, 6) is 0.802. The second-order valence-corrected chi connectivity index (χ2v) is 5.75. The maximum atomic E-state index is 11.5. The molecule has 1 heterocycles. The first-order chi connectivity index (χ1) is 11.6. The molecule has 0 spiro atoms. The summed E-state index contributed by atoms with van der Waals surface area (Å²) in [4.78, 5) is 24.2. The smallest absolute Gasteiger partial charge is 0.255 e. The van der Waals surface area contributed by atoms with E-state index in [1.54, 1.807) is 13.2 Å². The van der Waals surface area contributed by atoms with Gasteiger partial charge in [-0.3, -0.25) is 9.59 Å². The second-order valence-electron chi connectivity index (χ2n) is 5.75. The third kappa shape index (κ3) is 6.80. The van der Waals surface area contributed by atoms with Gasteiger partial charge >= 0.3 is 0 Å². The average molecular weight is 372 g/mol. The van der Waals surface area contributed by atoms with E-state index in [9.17, 15) is 9.59 Å². The van der Waals surface area contributed by atoms with Crippen molar-refractivity contribution in [2.45, 2.75) is 25.8 Å². The number of hydrogen-bond donors (Lipinski definition) is 2. The highest BCUT2D eigenvalue weighted by atomic mass is 35.5. The Morgan fingerprint density at radius 1 is 1.36 bits per heavy atom. The van der Waals surface area contributed by atoms with Gasteiger partial charge in [-0.25, -0.2) is 0 Å². The van der Waals surface area contributed by atoms with E-state index in [0.29, 0.717) is 24.5 Å². The molecule has 0 bridgehead atoms. The quantitative estimate of drug-likeness (QED) is 0.600. The normalized spacial score (nSPS) is 13.5. The number of primary amides is 1. The van der Waals surface area contributed by atoms with Crippen LogP contribution in [-0.4, -0.2) is 50.1 Å². The Balaban J connectivity index is 0.00000312. The monoisotopic (exact) mass is 371 g/mol. The van der Waals surface area contributed by atoms with Crippen molar-refractivity contribution in [3.05, 3.63) is 23.8 Å². The first kappa shape index (κ1) is 21.1. The van der Waals surface area contributed by atoms with Gasteiger partial charge in [0.1, 0.15) is 0 Å². The highest BCUT2D eigenvalue weighted by Crippen LogP contribution is 2.27. The number of amides is 2. The van der Waals surface area contributed by atoms with Crippen LogP contribution >= 0.6 is 12.4 Å². The molecule has 140 valence electrons. The standard InChI is InChI=1S/C17H25N3O4.ClH/c1-23-15-10-13(5-6-14(15)24-12-16(18)21)11-19-7-3-9-20-8-2-4-17(20)22;/h5-6,10,19H,2-4,7-9,11-12H2,1H3,(H2,18,21);1H. The molecule has 0 saturated carbocycles. The topological polar surface area (TPSA) is 93.9 Å². The molecule has 0 unspecified atom stereocenters. The minimum absolute atomic E-state index is 0. The SMILES string of the molecule is COc1cc(CNCCCN2CCCC2=O)ccc1OCC(N)=O.Cl. The largest absolute Gasteiger partial charge is 0.493 e. The number of rotatable bonds is 10. The molecular weight excluding hydrogens is 346 g/mol. The van der Waals surface area contributed by atoms with E-state index in [1.165, 1.54) is 0 Å². The number of carbonyl (C=O) groups excluding carboxylic acids is 2. The highest BCUT2D eigenvalue weighted by Gasteiger charge is 2.18. The lowest BCUT2D eigenvalue weighted by molar-refractivity contribution is -0.127. The predicted octanol–water partition coefficient (Wildman–Crippen LogP) is 1.08. The molecule has 2 amide bonds. The predicted molar refractivity (Wildman–Crippen MR) is 97.1 cm³/mol. The first-order valence-electron chi connectivity index (χ1n) is 8.16. The van der Waals surface area contributed by atoms with Gasteiger partial charge in [-0.1, -0.05) is 6.07 Å². The molecule has 0 aliphatic carbocycles. The summed E-state index contributed by atoms with van der Waals surface area (Å²) in [6.45, 7) is 3.06. The van der Waals surface area contributed by atoms with Gasteiger partial charge in [0.05, 0.1) is 7.11 Å². The minimum Gasteiger partial charge on any atom is -0.493 e. The van der Waals surface area contributed by atoms with Gasteiger partial charge in [-0.15, -0.1) is 12.4 Å². The minimum atomic E-state index is -0.528. The lowest BCUT2D eigenvalue weighted by Crippen LogP contribution is -2.28. The van der Waals surface area contributed by atoms with Crippen molar-refractivity contribution in [1.29, 1.82) is 0 Å². The Morgan fingerprint density at radius 2 is 2.16 bits per heavy atom. The number of nitrogens with zero attached hydrogens (tertiary/aromatic N) is 1. The van der Waals surface area contributed by atoms with Gasteiger partial charge < -0.3 is 25.4 Å². The zero-order chi connectivity index (χ0) is 17.4. The molecule has 2 rings (SSSR count). The van der Waals surface area contributed by atoms with Crippen molar-refractivity contribution in [2.75, 3.05) is 33.4 Å². The molecule has 25 heavy (non-hydrogen) atoms. The molecular formula is C17H26ClN3O4. The van der Waals surface area contributed by atoms with Gasteiger partial charge in [-0.2, -0.15) is 0 Å². The van der Waals surface area contributed by atoms with E-state index >= 15 is 0 Å². The molecule has 1 aromatic carbocycles. The molecule has 0 aromatic heterocycles. The Labute approximate surface area is 154 Å². The van der Waals surface area contributed by atoms with Crippen LogP contribution in [-0.2, 0) is 16.1 Å². The fourth-order valence-corrected chi connectivity index (χ4v) is 2.66. The van der Waals surface area contributed by atoms with E-state index in [1.807, 2.05) is 17.0 Å². The third-order valence-corrected chi connectivity index (χ3v) is 3.88. The van der Waals surface area contributed by atoms with Gasteiger partial charge in [0.2, 0.25) is 5.91 Å². The first-order valence-corrected chi connectivity index (χ1v) is 8.16. The average Bonchev–Trinajstić information content (AvgIpc) is 2.98. The number of nitrogens with one attached hydrogen (secondary N) is 1. The highest BCUT2D eigenvalue weighted by molar-refractivity contribution is 5.85. The van der Waals surface area contributed by atoms with Crippen molar-refractivity contribution < 1.29 is 19.1 Å². The van der Waals surface area contributed by atoms with Crippen LogP contribution in [0.4, 0.5) is 0 Å². The molecule has 1 saturated heterocycles. The van der Waals surface area contributed by atoms with Crippen molar-refractivity contribution in [1.82, 2.24) is 10.2 Å². The Morgan fingerprint density at radius 3 is 2.80 bits per heavy atom. The van der Waals surface area contributed by atoms with Crippen LogP contribution in [0.15, 0.2) is 18.2 Å². The fourth-order valence-electron chi connectivity index (χ4n) is 2.66. The molecule has 1 aliphatic rings. The number of likely N-dealkylation sites (tertiary alicyclic amines) is 1. The van der Waals surface area contributed by atoms with Crippen LogP contribution in [0.1, 0.15) is 24.8 Å². The van der Waals surface area contributed by atoms with Gasteiger partial charge in [0.25, 0.3) is 5.91 Å². The number of halogens is 1. The summed E-state index contributed by atoms with van der Waals surface area (Å²) < 4.78 is 10.6. The molecule has 0 atom stereocenters. The van der Waals surface area contributed by atoms with Crippen LogP contribution in [0.5, 0.6) is 11.5 Å². The van der Waals surface area contributed by atoms with Crippen LogP contribution in [0.25, 0.3) is 0 Å². The molecule has 8 heteroatoms. The molecule has 7 nitrogen and oxygen atoms in total. The van der Waals surface area contributed by atoms with E-state index in [-0.39, 0.29) is 24.9 Å². The Bertz CT molecular complexity index is 583. The van der Waals surface area contributed by atoms with Gasteiger partial charge in [0, 0.05) is 26.1 Å². The molecule has 1 aromatic rings. The maximum Gasteiger partial charge on any atom is 0.255 e. The molecule has 3 N–H and O–H groups in total. The van der Waals surface area contributed by atoms with Crippen LogP contribution < -0.4 is 20.5 Å². The zero-order valence-electron chi connectivity index (χ0n) is 14.5. The number of ether oxygens (including phenoxy) is 2. The number of methoxy groups -OCH3 is 1. The van der Waals surface area contributed by atoms with E-state index in [2.05, 4.69) is 5.32 Å². The molecule has 0 radical (unpaired) electrons. The molecule has 1 aliphatic heterocycles. The maximum absolute atomic E-state index is 11.5. The number of benzene rings is 1. The lowest BCUT2D eigenvalue weighted by atomic mass is 10.2. The van der Waals surface area contributed by atoms with Crippen molar-refractivity contribution in [2.24, 2.45) is 5.73 Å². The number of hydrogen-bond acceptors (Lipinski definition) is 5. The number of carbonyl (C=O) groups is 2. The second kappa shape index (κ2) is 10.8. The van der Waals surface area contributed by atoms with E-state index < -0.39 is 5.91 Å². The summed E-state index contributed by atoms with van der Waals surface area (Å²) in [5, 5.41) is 3.35. The van der Waals surface area contributed by atoms with E-state index in [0.717, 1.165) is 38.0 Å². The van der Waals surface area contributed by atoms with Gasteiger partial charge in [-0.05, 0) is 37.1 Å². The van der Waals surface area contributed by atoms with Crippen molar-refractivity contribution >= 4 is 24.2 Å². The van der Waals surface area contributed by atoms with Crippen LogP contribution in [0.3, 0.4) is 0 Å². The summed E-state index contributed by atoms with van der Waals surface area (Å²) in [7, 11) is 1.55. The summed E-state index contributed by atoms with van der Waals surface area (Å²) in [6, 6.07) is 5.55. The zero-order valence-corrected chi connectivity index (χ0v) is 15.3. The van der Waals surface area contributed by atoms with Crippen LogP contribution in [0.2, 0.25) is 0 Å². The van der Waals surface area contributed by atoms with Crippen LogP contribution in [0, 0.1) is 0 Å². The Kier molecular flexibility index (Phi) is 9.08.